The summed E-state index contributed by atoms with van der Waals surface area (Å²) in [6.45, 7) is 4.38. The molecule has 0 aliphatic rings. The number of hydrogen-bond acceptors (Lipinski definition) is 6. The molecule has 170 valence electrons. The number of benzene rings is 2. The number of fused-ring (bicyclic) bond motifs is 1. The Morgan fingerprint density at radius 3 is 2.41 bits per heavy atom. The van der Waals surface area contributed by atoms with Crippen LogP contribution in [0.25, 0.3) is 10.1 Å². The maximum absolute atomic E-state index is 12.8. The molecule has 3 rings (SSSR count). The lowest BCUT2D eigenvalue weighted by Crippen LogP contribution is -2.28. The second-order valence-corrected chi connectivity index (χ2v) is 10.3. The van der Waals surface area contributed by atoms with Crippen molar-refractivity contribution in [3.8, 4) is 0 Å². The zero-order valence-corrected chi connectivity index (χ0v) is 19.9. The Hall–Kier alpha value is -2.75. The standard InChI is InChI=1S/C23H26N2O5S2/c1-4-6-15-25(3)32(28,29)17-13-11-16(12-14-17)21(26)24-22-20(23(27)30-5-2)18-9-7-8-10-19(18)31-22/h7-14H,4-6,15H2,1-3H3,(H,24,26). The summed E-state index contributed by atoms with van der Waals surface area (Å²) in [5.74, 6) is -0.942. The predicted molar refractivity (Wildman–Crippen MR) is 127 cm³/mol. The predicted octanol–water partition coefficient (Wildman–Crippen LogP) is 4.75. The Morgan fingerprint density at radius 1 is 1.06 bits per heavy atom. The number of carbonyl (C=O) groups excluding carboxylic acids is 2. The van der Waals surface area contributed by atoms with E-state index in [0.717, 1.165) is 17.5 Å². The van der Waals surface area contributed by atoms with Crippen LogP contribution in [-0.4, -0.2) is 44.8 Å². The highest BCUT2D eigenvalue weighted by Crippen LogP contribution is 2.36. The number of esters is 1. The molecule has 0 bridgehead atoms. The van der Waals surface area contributed by atoms with Gasteiger partial charge in [0, 0.05) is 29.2 Å². The molecular weight excluding hydrogens is 448 g/mol. The molecule has 0 atom stereocenters. The molecule has 1 N–H and O–H groups in total. The molecule has 0 radical (unpaired) electrons. The van der Waals surface area contributed by atoms with E-state index < -0.39 is 21.9 Å². The second kappa shape index (κ2) is 10.2. The van der Waals surface area contributed by atoms with Gasteiger partial charge in [0.25, 0.3) is 5.91 Å². The van der Waals surface area contributed by atoms with Gasteiger partial charge in [-0.1, -0.05) is 31.5 Å². The van der Waals surface area contributed by atoms with Crippen LogP contribution < -0.4 is 5.32 Å². The molecule has 32 heavy (non-hydrogen) atoms. The number of unbranched alkanes of at least 4 members (excludes halogenated alkanes) is 1. The highest BCUT2D eigenvalue weighted by Gasteiger charge is 2.23. The molecule has 1 heterocycles. The first kappa shape index (κ1) is 23.9. The summed E-state index contributed by atoms with van der Waals surface area (Å²) in [5, 5.41) is 3.89. The maximum Gasteiger partial charge on any atom is 0.341 e. The fraction of sp³-hybridized carbons (Fsp3) is 0.304. The molecule has 9 heteroatoms. The fourth-order valence-corrected chi connectivity index (χ4v) is 5.47. The first-order chi connectivity index (χ1) is 15.3. The van der Waals surface area contributed by atoms with Crippen LogP contribution in [0.4, 0.5) is 5.00 Å². The van der Waals surface area contributed by atoms with Crippen molar-refractivity contribution in [3.63, 3.8) is 0 Å². The van der Waals surface area contributed by atoms with Crippen LogP contribution in [0, 0.1) is 0 Å². The molecule has 0 spiro atoms. The minimum Gasteiger partial charge on any atom is -0.462 e. The lowest BCUT2D eigenvalue weighted by Gasteiger charge is -2.17. The van der Waals surface area contributed by atoms with Crippen molar-refractivity contribution in [2.75, 3.05) is 25.5 Å². The SMILES string of the molecule is CCCCN(C)S(=O)(=O)c1ccc(C(=O)Nc2sc3ccccc3c2C(=O)OCC)cc1. The topological polar surface area (TPSA) is 92.8 Å². The van der Waals surface area contributed by atoms with Crippen LogP contribution in [-0.2, 0) is 14.8 Å². The number of anilines is 1. The first-order valence-electron chi connectivity index (χ1n) is 10.4. The quantitative estimate of drug-likeness (QED) is 0.452. The fourth-order valence-electron chi connectivity index (χ4n) is 3.17. The average Bonchev–Trinajstić information content (AvgIpc) is 3.15. The molecule has 0 saturated carbocycles. The average molecular weight is 475 g/mol. The summed E-state index contributed by atoms with van der Waals surface area (Å²) in [6, 6.07) is 13.1. The highest BCUT2D eigenvalue weighted by atomic mass is 32.2. The van der Waals surface area contributed by atoms with E-state index in [1.165, 1.54) is 39.9 Å². The van der Waals surface area contributed by atoms with E-state index in [1.54, 1.807) is 14.0 Å². The van der Waals surface area contributed by atoms with Crippen LogP contribution in [0.2, 0.25) is 0 Å². The van der Waals surface area contributed by atoms with Crippen molar-refractivity contribution in [1.82, 2.24) is 4.31 Å². The summed E-state index contributed by atoms with van der Waals surface area (Å²) in [7, 11) is -2.07. The summed E-state index contributed by atoms with van der Waals surface area (Å²) >= 11 is 1.28. The first-order valence-corrected chi connectivity index (χ1v) is 12.6. The number of rotatable bonds is 9. The lowest BCUT2D eigenvalue weighted by atomic mass is 10.1. The van der Waals surface area contributed by atoms with Crippen molar-refractivity contribution in [2.45, 2.75) is 31.6 Å². The summed E-state index contributed by atoms with van der Waals surface area (Å²) in [6.07, 6.45) is 1.67. The second-order valence-electron chi connectivity index (χ2n) is 7.18. The molecule has 1 amide bonds. The molecule has 0 aliphatic heterocycles. The van der Waals surface area contributed by atoms with Crippen LogP contribution >= 0.6 is 11.3 Å². The van der Waals surface area contributed by atoms with E-state index in [9.17, 15) is 18.0 Å². The number of nitrogens with one attached hydrogen (secondary N) is 1. The molecule has 7 nitrogen and oxygen atoms in total. The third-order valence-electron chi connectivity index (χ3n) is 4.95. The Morgan fingerprint density at radius 2 is 1.75 bits per heavy atom. The molecule has 3 aromatic rings. The van der Waals surface area contributed by atoms with Gasteiger partial charge in [0.2, 0.25) is 10.0 Å². The monoisotopic (exact) mass is 474 g/mol. The number of ether oxygens (including phenoxy) is 1. The van der Waals surface area contributed by atoms with Gasteiger partial charge in [0.15, 0.2) is 0 Å². The molecule has 0 aliphatic carbocycles. The van der Waals surface area contributed by atoms with E-state index in [1.807, 2.05) is 31.2 Å². The van der Waals surface area contributed by atoms with Crippen LogP contribution in [0.3, 0.4) is 0 Å². The summed E-state index contributed by atoms with van der Waals surface area (Å²) < 4.78 is 32.7. The number of nitrogens with zero attached hydrogens (tertiary/aromatic N) is 1. The zero-order chi connectivity index (χ0) is 23.3. The summed E-state index contributed by atoms with van der Waals surface area (Å²) in [4.78, 5) is 25.5. The third kappa shape index (κ3) is 5.01. The molecule has 0 saturated heterocycles. The van der Waals surface area contributed by atoms with Crippen molar-refractivity contribution >= 4 is 48.3 Å². The van der Waals surface area contributed by atoms with Gasteiger partial charge >= 0.3 is 5.97 Å². The largest absolute Gasteiger partial charge is 0.462 e. The zero-order valence-electron chi connectivity index (χ0n) is 18.3. The van der Waals surface area contributed by atoms with Gasteiger partial charge < -0.3 is 10.1 Å². The summed E-state index contributed by atoms with van der Waals surface area (Å²) in [5.41, 5.74) is 0.602. The van der Waals surface area contributed by atoms with Crippen LogP contribution in [0.1, 0.15) is 47.4 Å². The third-order valence-corrected chi connectivity index (χ3v) is 7.91. The highest BCUT2D eigenvalue weighted by molar-refractivity contribution is 7.89. The van der Waals surface area contributed by atoms with Gasteiger partial charge in [-0.3, -0.25) is 4.79 Å². The van der Waals surface area contributed by atoms with Gasteiger partial charge in [0.05, 0.1) is 11.5 Å². The molecular formula is C23H26N2O5S2. The van der Waals surface area contributed by atoms with Gasteiger partial charge in [-0.15, -0.1) is 11.3 Å². The number of carbonyl (C=O) groups is 2. The molecule has 0 unspecified atom stereocenters. The number of hydrogen-bond donors (Lipinski definition) is 1. The Labute approximate surface area is 192 Å². The number of amides is 1. The number of thiophene rings is 1. The van der Waals surface area contributed by atoms with Gasteiger partial charge in [-0.05, 0) is 43.7 Å². The van der Waals surface area contributed by atoms with Gasteiger partial charge in [-0.2, -0.15) is 0 Å². The molecule has 2 aromatic carbocycles. The van der Waals surface area contributed by atoms with E-state index in [2.05, 4.69) is 5.32 Å². The van der Waals surface area contributed by atoms with E-state index >= 15 is 0 Å². The van der Waals surface area contributed by atoms with Crippen molar-refractivity contribution in [2.24, 2.45) is 0 Å². The Kier molecular flexibility index (Phi) is 7.65. The smallest absolute Gasteiger partial charge is 0.341 e. The van der Waals surface area contributed by atoms with E-state index in [0.29, 0.717) is 22.5 Å². The minimum absolute atomic E-state index is 0.127. The normalized spacial score (nSPS) is 11.6. The lowest BCUT2D eigenvalue weighted by molar-refractivity contribution is 0.0530. The molecule has 1 aromatic heterocycles. The van der Waals surface area contributed by atoms with Crippen LogP contribution in [0.5, 0.6) is 0 Å². The number of sulfonamides is 1. The minimum atomic E-state index is -3.61. The van der Waals surface area contributed by atoms with Crippen molar-refractivity contribution in [3.05, 3.63) is 59.7 Å². The van der Waals surface area contributed by atoms with Gasteiger partial charge in [-0.25, -0.2) is 17.5 Å². The Balaban J connectivity index is 1.85. The van der Waals surface area contributed by atoms with E-state index in [4.69, 9.17) is 4.74 Å². The Bertz CT molecular complexity index is 1220. The van der Waals surface area contributed by atoms with Crippen LogP contribution in [0.15, 0.2) is 53.4 Å². The van der Waals surface area contributed by atoms with Gasteiger partial charge in [0.1, 0.15) is 10.6 Å². The molecule has 0 fully saturated rings. The maximum atomic E-state index is 12.8. The van der Waals surface area contributed by atoms with E-state index in [-0.39, 0.29) is 17.1 Å². The van der Waals surface area contributed by atoms with Crippen molar-refractivity contribution < 1.29 is 22.7 Å². The van der Waals surface area contributed by atoms with Crippen molar-refractivity contribution in [1.29, 1.82) is 0 Å².